The Morgan fingerprint density at radius 1 is 1.55 bits per heavy atom. The first-order chi connectivity index (χ1) is 4.92. The van der Waals surface area contributed by atoms with Crippen LogP contribution in [0.15, 0.2) is 12.3 Å². The predicted molar refractivity (Wildman–Crippen MR) is 45.9 cm³/mol. The first-order valence-corrected chi connectivity index (χ1v) is 3.30. The highest BCUT2D eigenvalue weighted by molar-refractivity contribution is 4.91. The minimum absolute atomic E-state index is 0.749. The summed E-state index contributed by atoms with van der Waals surface area (Å²) in [5, 5.41) is 2.88. The molecule has 11 heavy (non-hydrogen) atoms. The van der Waals surface area contributed by atoms with E-state index in [1.165, 1.54) is 0 Å². The van der Waals surface area contributed by atoms with E-state index < -0.39 is 5.91 Å². The van der Waals surface area contributed by atoms with Crippen LogP contribution in [-0.2, 0) is 0 Å². The summed E-state index contributed by atoms with van der Waals surface area (Å²) in [4.78, 5) is 1.71. The van der Waals surface area contributed by atoms with Crippen molar-refractivity contribution in [1.82, 2.24) is 15.6 Å². The summed E-state index contributed by atoms with van der Waals surface area (Å²) in [6, 6.07) is 0. The molecule has 0 saturated heterocycles. The van der Waals surface area contributed by atoms with Crippen LogP contribution in [0.25, 0.3) is 0 Å². The molecular weight excluding hydrogens is 142 g/mol. The van der Waals surface area contributed by atoms with Crippen LogP contribution >= 0.6 is 0 Å². The van der Waals surface area contributed by atoms with Crippen LogP contribution in [0.5, 0.6) is 0 Å². The highest BCUT2D eigenvalue weighted by atomic mass is 15.6. The molecule has 0 aromatic rings. The second-order valence-corrected chi connectivity index (χ2v) is 2.71. The lowest BCUT2D eigenvalue weighted by Gasteiger charge is -2.36. The van der Waals surface area contributed by atoms with Crippen LogP contribution in [0.2, 0.25) is 0 Å². The van der Waals surface area contributed by atoms with Crippen molar-refractivity contribution in [3.05, 3.63) is 12.3 Å². The standard InChI is InChI=1S/C6H17N5/c1-5(2)9-6(7,10-8)11(3)4/h9-10H,1,7-8H2,2-4H3. The lowest BCUT2D eigenvalue weighted by molar-refractivity contribution is 0.0869. The third-order valence-corrected chi connectivity index (χ3v) is 1.33. The smallest absolute Gasteiger partial charge is 0.214 e. The molecule has 1 unspecified atom stereocenters. The molecule has 0 aromatic carbocycles. The van der Waals surface area contributed by atoms with Crippen molar-refractivity contribution >= 4 is 0 Å². The monoisotopic (exact) mass is 159 g/mol. The van der Waals surface area contributed by atoms with Crippen molar-refractivity contribution in [2.45, 2.75) is 12.8 Å². The Hall–Kier alpha value is -0.620. The Kier molecular flexibility index (Phi) is 3.47. The average molecular weight is 159 g/mol. The molecule has 0 bridgehead atoms. The summed E-state index contributed by atoms with van der Waals surface area (Å²) >= 11 is 0. The van der Waals surface area contributed by atoms with E-state index in [4.69, 9.17) is 11.6 Å². The summed E-state index contributed by atoms with van der Waals surface area (Å²) in [5.74, 6) is 4.31. The SMILES string of the molecule is C=C(C)NC(N)(NN)N(C)C. The van der Waals surface area contributed by atoms with Crippen molar-refractivity contribution in [1.29, 1.82) is 0 Å². The van der Waals surface area contributed by atoms with E-state index in [0.29, 0.717) is 0 Å². The van der Waals surface area contributed by atoms with Crippen LogP contribution in [0.4, 0.5) is 0 Å². The van der Waals surface area contributed by atoms with Crippen molar-refractivity contribution in [2.75, 3.05) is 14.1 Å². The number of hydrogen-bond donors (Lipinski definition) is 4. The Labute approximate surface area is 67.4 Å². The Morgan fingerprint density at radius 3 is 2.09 bits per heavy atom. The first kappa shape index (κ1) is 10.4. The van der Waals surface area contributed by atoms with Gasteiger partial charge in [-0.05, 0) is 21.0 Å². The fraction of sp³-hybridized carbons (Fsp3) is 0.667. The topological polar surface area (TPSA) is 79.3 Å². The van der Waals surface area contributed by atoms with E-state index in [-0.39, 0.29) is 0 Å². The largest absolute Gasteiger partial charge is 0.346 e. The summed E-state index contributed by atoms with van der Waals surface area (Å²) in [5.41, 5.74) is 8.95. The third-order valence-electron chi connectivity index (χ3n) is 1.33. The number of nitrogens with two attached hydrogens (primary N) is 2. The van der Waals surface area contributed by atoms with Crippen molar-refractivity contribution in [3.63, 3.8) is 0 Å². The number of allylic oxidation sites excluding steroid dienone is 1. The number of nitrogens with zero attached hydrogens (tertiary/aromatic N) is 1. The lowest BCUT2D eigenvalue weighted by atomic mass is 10.5. The molecule has 0 fully saturated rings. The predicted octanol–water partition coefficient (Wildman–Crippen LogP) is -1.30. The molecule has 0 amide bonds. The van der Waals surface area contributed by atoms with Crippen LogP contribution in [0.3, 0.4) is 0 Å². The average Bonchev–Trinajstić information content (AvgIpc) is 1.86. The molecule has 0 rings (SSSR count). The summed E-state index contributed by atoms with van der Waals surface area (Å²) in [6.07, 6.45) is 0. The van der Waals surface area contributed by atoms with Gasteiger partial charge in [-0.3, -0.25) is 16.5 Å². The maximum atomic E-state index is 5.76. The van der Waals surface area contributed by atoms with Gasteiger partial charge in [-0.15, -0.1) is 0 Å². The zero-order chi connectivity index (χ0) is 9.07. The van der Waals surface area contributed by atoms with Crippen molar-refractivity contribution < 1.29 is 0 Å². The zero-order valence-electron chi connectivity index (χ0n) is 7.31. The van der Waals surface area contributed by atoms with E-state index in [1.54, 1.807) is 19.0 Å². The fourth-order valence-electron chi connectivity index (χ4n) is 0.602. The van der Waals surface area contributed by atoms with Gasteiger partial charge in [0.1, 0.15) is 0 Å². The molecule has 6 N–H and O–H groups in total. The first-order valence-electron chi connectivity index (χ1n) is 3.30. The van der Waals surface area contributed by atoms with E-state index in [1.807, 2.05) is 6.92 Å². The molecule has 0 aromatic heterocycles. The van der Waals surface area contributed by atoms with Gasteiger partial charge in [-0.25, -0.2) is 5.43 Å². The van der Waals surface area contributed by atoms with E-state index in [2.05, 4.69) is 17.3 Å². The second-order valence-electron chi connectivity index (χ2n) is 2.71. The molecule has 66 valence electrons. The van der Waals surface area contributed by atoms with Gasteiger partial charge in [0.05, 0.1) is 0 Å². The molecular formula is C6H17N5. The molecule has 5 nitrogen and oxygen atoms in total. The number of hydrogen-bond acceptors (Lipinski definition) is 5. The molecule has 0 aliphatic heterocycles. The van der Waals surface area contributed by atoms with Crippen molar-refractivity contribution in [3.8, 4) is 0 Å². The van der Waals surface area contributed by atoms with Gasteiger partial charge in [-0.1, -0.05) is 6.58 Å². The normalized spacial score (nSPS) is 16.2. The molecule has 0 radical (unpaired) electrons. The Balaban J connectivity index is 4.22. The van der Waals surface area contributed by atoms with E-state index in [9.17, 15) is 0 Å². The number of rotatable bonds is 4. The molecule has 0 aliphatic rings. The molecule has 0 spiro atoms. The van der Waals surface area contributed by atoms with Crippen LogP contribution in [0.1, 0.15) is 6.92 Å². The van der Waals surface area contributed by atoms with Gasteiger partial charge in [-0.2, -0.15) is 0 Å². The van der Waals surface area contributed by atoms with Gasteiger partial charge >= 0.3 is 0 Å². The van der Waals surface area contributed by atoms with Gasteiger partial charge < -0.3 is 5.32 Å². The summed E-state index contributed by atoms with van der Waals surface area (Å²) < 4.78 is 0. The van der Waals surface area contributed by atoms with Crippen LogP contribution in [0, 0.1) is 0 Å². The highest BCUT2D eigenvalue weighted by Crippen LogP contribution is 1.95. The third kappa shape index (κ3) is 2.85. The maximum Gasteiger partial charge on any atom is 0.214 e. The van der Waals surface area contributed by atoms with Crippen LogP contribution < -0.4 is 22.3 Å². The minimum atomic E-state index is -0.925. The van der Waals surface area contributed by atoms with Crippen LogP contribution in [-0.4, -0.2) is 24.9 Å². The van der Waals surface area contributed by atoms with Crippen molar-refractivity contribution in [2.24, 2.45) is 11.6 Å². The number of hydrazine groups is 1. The quantitative estimate of drug-likeness (QED) is 0.233. The summed E-state index contributed by atoms with van der Waals surface area (Å²) in [7, 11) is 3.60. The Morgan fingerprint density at radius 2 is 2.00 bits per heavy atom. The van der Waals surface area contributed by atoms with Gasteiger partial charge in [0.25, 0.3) is 0 Å². The lowest BCUT2D eigenvalue weighted by Crippen LogP contribution is -2.73. The van der Waals surface area contributed by atoms with Gasteiger partial charge in [0.15, 0.2) is 0 Å². The maximum absolute atomic E-state index is 5.76. The summed E-state index contributed by atoms with van der Waals surface area (Å²) in [6.45, 7) is 5.47. The molecule has 0 saturated carbocycles. The fourth-order valence-corrected chi connectivity index (χ4v) is 0.602. The Bertz CT molecular complexity index is 144. The van der Waals surface area contributed by atoms with E-state index in [0.717, 1.165) is 5.70 Å². The molecule has 0 aliphatic carbocycles. The highest BCUT2D eigenvalue weighted by Gasteiger charge is 2.24. The molecule has 5 heteroatoms. The van der Waals surface area contributed by atoms with E-state index >= 15 is 0 Å². The second kappa shape index (κ2) is 3.68. The zero-order valence-corrected chi connectivity index (χ0v) is 7.31. The molecule has 1 atom stereocenters. The minimum Gasteiger partial charge on any atom is -0.346 e. The van der Waals surface area contributed by atoms with Gasteiger partial charge in [0, 0.05) is 5.70 Å². The van der Waals surface area contributed by atoms with Gasteiger partial charge in [0.2, 0.25) is 5.91 Å². The number of nitrogens with one attached hydrogen (secondary N) is 2. The molecule has 0 heterocycles.